The van der Waals surface area contributed by atoms with E-state index in [4.69, 9.17) is 23.7 Å². The van der Waals surface area contributed by atoms with Crippen LogP contribution < -0.4 is 4.74 Å². The number of ether oxygens (including phenoxy) is 7. The van der Waals surface area contributed by atoms with Gasteiger partial charge in [0.1, 0.15) is 6.10 Å². The molecule has 2 rings (SSSR count). The number of esters is 1. The Morgan fingerprint density at radius 1 is 0.600 bits per heavy atom. The molecule has 1 aliphatic rings. The summed E-state index contributed by atoms with van der Waals surface area (Å²) in [7, 11) is 0. The standard InChI is InChI=1S/C26H30F10O9/c27-15-17(29)21(33)25(22(34)18(15)30)44-13(37)1-3-39-5-7-41-9-11-43-12-10-42-8-6-40-4-2-14(38)45-26-23(35)19(31)16(28)20(32)24(26)36/h13,15,17,21,25,37H,1-12H2. The zero-order valence-electron chi connectivity index (χ0n) is 23.4. The summed E-state index contributed by atoms with van der Waals surface area (Å²) in [6.07, 6.45) is -14.0. The Hall–Kier alpha value is -2.55. The molecular weight excluding hydrogens is 646 g/mol. The summed E-state index contributed by atoms with van der Waals surface area (Å²) in [5, 5.41) is 9.66. The zero-order valence-corrected chi connectivity index (χ0v) is 23.4. The van der Waals surface area contributed by atoms with E-state index >= 15 is 0 Å². The Balaban J connectivity index is 1.39. The van der Waals surface area contributed by atoms with Crippen LogP contribution in [0, 0.1) is 29.1 Å². The molecule has 0 amide bonds. The fraction of sp³-hybridized carbons (Fsp3) is 0.654. The van der Waals surface area contributed by atoms with Gasteiger partial charge >= 0.3 is 5.97 Å². The van der Waals surface area contributed by atoms with E-state index in [0.717, 1.165) is 0 Å². The van der Waals surface area contributed by atoms with Crippen LogP contribution in [0.25, 0.3) is 0 Å². The Morgan fingerprint density at radius 2 is 1.02 bits per heavy atom. The van der Waals surface area contributed by atoms with Crippen LogP contribution >= 0.6 is 0 Å². The summed E-state index contributed by atoms with van der Waals surface area (Å²) < 4.78 is 168. The Kier molecular flexibility index (Phi) is 17.0. The average molecular weight is 676 g/mol. The molecule has 5 unspecified atom stereocenters. The van der Waals surface area contributed by atoms with E-state index in [1.807, 2.05) is 0 Å². The van der Waals surface area contributed by atoms with Gasteiger partial charge in [0.2, 0.25) is 34.8 Å². The maximum atomic E-state index is 13.7. The highest BCUT2D eigenvalue weighted by atomic mass is 19.2. The van der Waals surface area contributed by atoms with Crippen molar-refractivity contribution in [1.82, 2.24) is 0 Å². The summed E-state index contributed by atoms with van der Waals surface area (Å²) in [4.78, 5) is 11.6. The van der Waals surface area contributed by atoms with Crippen molar-refractivity contribution < 1.29 is 87.0 Å². The molecule has 258 valence electrons. The third-order valence-electron chi connectivity index (χ3n) is 5.73. The van der Waals surface area contributed by atoms with E-state index in [-0.39, 0.29) is 72.5 Å². The number of hydrogen-bond acceptors (Lipinski definition) is 9. The molecule has 0 saturated heterocycles. The van der Waals surface area contributed by atoms with Crippen LogP contribution in [0.3, 0.4) is 0 Å². The summed E-state index contributed by atoms with van der Waals surface area (Å²) in [6.45, 7) is 0.514. The molecule has 1 aliphatic carbocycles. The predicted octanol–water partition coefficient (Wildman–Crippen LogP) is 4.03. The Labute approximate surface area is 249 Å². The van der Waals surface area contributed by atoms with Crippen LogP contribution in [0.15, 0.2) is 11.7 Å². The summed E-state index contributed by atoms with van der Waals surface area (Å²) in [5.74, 6) is -18.5. The number of hydrogen-bond donors (Lipinski definition) is 1. The van der Waals surface area contributed by atoms with Crippen LogP contribution in [0.1, 0.15) is 12.8 Å². The second-order valence-corrected chi connectivity index (χ2v) is 8.97. The maximum absolute atomic E-state index is 13.7. The number of aliphatic hydroxyl groups excluding tert-OH is 1. The number of benzene rings is 1. The molecule has 9 nitrogen and oxygen atoms in total. The average Bonchev–Trinajstić information content (AvgIpc) is 3.02. The van der Waals surface area contributed by atoms with Crippen LogP contribution in [-0.4, -0.2) is 108 Å². The van der Waals surface area contributed by atoms with Gasteiger partial charge < -0.3 is 38.3 Å². The van der Waals surface area contributed by atoms with Crippen LogP contribution in [0.5, 0.6) is 5.75 Å². The first kappa shape index (κ1) is 38.6. The third-order valence-corrected chi connectivity index (χ3v) is 5.73. The number of aliphatic hydroxyl groups is 1. The highest BCUT2D eigenvalue weighted by Gasteiger charge is 2.48. The van der Waals surface area contributed by atoms with Crippen molar-refractivity contribution in [2.24, 2.45) is 0 Å². The van der Waals surface area contributed by atoms with Gasteiger partial charge in [-0.2, -0.15) is 8.78 Å². The second kappa shape index (κ2) is 19.9. The highest BCUT2D eigenvalue weighted by molar-refractivity contribution is 5.72. The lowest BCUT2D eigenvalue weighted by Gasteiger charge is -2.30. The van der Waals surface area contributed by atoms with Crippen molar-refractivity contribution in [3.05, 3.63) is 40.7 Å². The van der Waals surface area contributed by atoms with Gasteiger partial charge in [-0.1, -0.05) is 0 Å². The maximum Gasteiger partial charge on any atom is 0.313 e. The molecule has 0 saturated carbocycles. The SMILES string of the molecule is O=C(CCOCCOCCOCCOCCOCCC(O)OC1C(F)=C(F)C(F)C(F)C1F)Oc1c(F)c(F)c(F)c(F)c1F. The molecule has 0 fully saturated rings. The lowest BCUT2D eigenvalue weighted by atomic mass is 9.97. The molecule has 1 aromatic rings. The molecule has 0 heterocycles. The molecule has 1 aromatic carbocycles. The fourth-order valence-corrected chi connectivity index (χ4v) is 3.41. The summed E-state index contributed by atoms with van der Waals surface area (Å²) >= 11 is 0. The fourth-order valence-electron chi connectivity index (χ4n) is 3.41. The van der Waals surface area contributed by atoms with Gasteiger partial charge in [-0.05, 0) is 0 Å². The molecule has 1 N–H and O–H groups in total. The molecule has 5 atom stereocenters. The van der Waals surface area contributed by atoms with Crippen molar-refractivity contribution in [2.75, 3.05) is 66.1 Å². The molecule has 0 bridgehead atoms. The van der Waals surface area contributed by atoms with Gasteiger partial charge in [-0.25, -0.2) is 35.1 Å². The van der Waals surface area contributed by atoms with E-state index in [9.17, 15) is 53.8 Å². The molecule has 0 radical (unpaired) electrons. The monoisotopic (exact) mass is 676 g/mol. The van der Waals surface area contributed by atoms with Gasteiger partial charge in [-0.15, -0.1) is 0 Å². The summed E-state index contributed by atoms with van der Waals surface area (Å²) in [6, 6.07) is 0. The largest absolute Gasteiger partial charge is 0.420 e. The lowest BCUT2D eigenvalue weighted by molar-refractivity contribution is -0.171. The molecule has 0 aromatic heterocycles. The number of carbonyl (C=O) groups is 1. The van der Waals surface area contributed by atoms with Crippen LogP contribution in [-0.2, 0) is 33.2 Å². The topological polar surface area (TPSA) is 102 Å². The molecular formula is C26H30F10O9. The minimum absolute atomic E-state index is 0.00313. The normalized spacial score (nSPS) is 21.0. The minimum atomic E-state index is -3.08. The smallest absolute Gasteiger partial charge is 0.313 e. The van der Waals surface area contributed by atoms with E-state index < -0.39 is 89.8 Å². The number of rotatable bonds is 21. The van der Waals surface area contributed by atoms with Crippen molar-refractivity contribution in [3.8, 4) is 5.75 Å². The second-order valence-electron chi connectivity index (χ2n) is 8.97. The first-order chi connectivity index (χ1) is 21.4. The number of halogens is 10. The van der Waals surface area contributed by atoms with E-state index in [0.29, 0.717) is 0 Å². The number of allylic oxidation sites excluding steroid dienone is 1. The van der Waals surface area contributed by atoms with Gasteiger partial charge in [0, 0.05) is 6.42 Å². The lowest BCUT2D eigenvalue weighted by Crippen LogP contribution is -2.45. The van der Waals surface area contributed by atoms with Crippen molar-refractivity contribution in [3.63, 3.8) is 0 Å². The first-order valence-electron chi connectivity index (χ1n) is 13.3. The quantitative estimate of drug-likeness (QED) is 0.0394. The van der Waals surface area contributed by atoms with Crippen LogP contribution in [0.2, 0.25) is 0 Å². The first-order valence-corrected chi connectivity index (χ1v) is 13.3. The molecule has 19 heteroatoms. The number of alkyl halides is 3. The third kappa shape index (κ3) is 12.0. The van der Waals surface area contributed by atoms with E-state index in [1.165, 1.54) is 0 Å². The van der Waals surface area contributed by atoms with Gasteiger partial charge in [0.25, 0.3) is 0 Å². The van der Waals surface area contributed by atoms with Crippen molar-refractivity contribution >= 4 is 5.97 Å². The highest BCUT2D eigenvalue weighted by Crippen LogP contribution is 2.36. The van der Waals surface area contributed by atoms with Crippen molar-refractivity contribution in [1.29, 1.82) is 0 Å². The molecule has 0 aliphatic heterocycles. The zero-order chi connectivity index (χ0) is 33.5. The molecule has 0 spiro atoms. The molecule has 45 heavy (non-hydrogen) atoms. The van der Waals surface area contributed by atoms with Gasteiger partial charge in [0.05, 0.1) is 72.5 Å². The summed E-state index contributed by atoms with van der Waals surface area (Å²) in [5.41, 5.74) is 0. The van der Waals surface area contributed by atoms with Gasteiger partial charge in [0.15, 0.2) is 36.5 Å². The number of carbonyl (C=O) groups excluding carboxylic acids is 1. The van der Waals surface area contributed by atoms with E-state index in [2.05, 4.69) is 9.47 Å². The van der Waals surface area contributed by atoms with Gasteiger partial charge in [-0.3, -0.25) is 4.79 Å². The Morgan fingerprint density at radius 3 is 1.51 bits per heavy atom. The van der Waals surface area contributed by atoms with E-state index in [1.54, 1.807) is 0 Å². The van der Waals surface area contributed by atoms with Crippen LogP contribution in [0.4, 0.5) is 43.9 Å². The minimum Gasteiger partial charge on any atom is -0.420 e. The van der Waals surface area contributed by atoms with Crippen molar-refractivity contribution in [2.45, 2.75) is 43.8 Å². The Bertz CT molecular complexity index is 1080. The predicted molar refractivity (Wildman–Crippen MR) is 130 cm³/mol.